The van der Waals surface area contributed by atoms with E-state index >= 15 is 0 Å². The smallest absolute Gasteiger partial charge is 0.253 e. The second-order valence-corrected chi connectivity index (χ2v) is 9.64. The molecule has 2 aromatic carbocycles. The molecule has 3 heterocycles. The van der Waals surface area contributed by atoms with Crippen LogP contribution in [0.25, 0.3) is 10.2 Å². The number of fused-ring (bicyclic) bond motifs is 2. The van der Waals surface area contributed by atoms with Gasteiger partial charge in [-0.3, -0.25) is 9.59 Å². The van der Waals surface area contributed by atoms with Crippen molar-refractivity contribution in [2.75, 3.05) is 24.2 Å². The van der Waals surface area contributed by atoms with Crippen molar-refractivity contribution in [1.82, 2.24) is 9.88 Å². The van der Waals surface area contributed by atoms with Crippen LogP contribution < -0.4 is 5.32 Å². The minimum Gasteiger partial charge on any atom is -0.339 e. The van der Waals surface area contributed by atoms with E-state index in [0.717, 1.165) is 47.8 Å². The van der Waals surface area contributed by atoms with Gasteiger partial charge in [0.05, 0.1) is 20.9 Å². The number of hydrogen-bond acceptors (Lipinski definition) is 5. The van der Waals surface area contributed by atoms with E-state index in [1.807, 2.05) is 35.2 Å². The average Bonchev–Trinajstić information content (AvgIpc) is 3.09. The third kappa shape index (κ3) is 3.76. The number of nitrogens with one attached hydrogen (secondary N) is 1. The van der Waals surface area contributed by atoms with Crippen molar-refractivity contribution in [2.45, 2.75) is 30.1 Å². The van der Waals surface area contributed by atoms with E-state index in [9.17, 15) is 9.59 Å². The molecule has 2 amide bonds. The van der Waals surface area contributed by atoms with E-state index in [0.29, 0.717) is 17.9 Å². The molecule has 2 aliphatic heterocycles. The summed E-state index contributed by atoms with van der Waals surface area (Å²) in [6, 6.07) is 13.9. The van der Waals surface area contributed by atoms with Crippen LogP contribution in [0.4, 0.5) is 5.69 Å². The molecule has 0 radical (unpaired) electrons. The Morgan fingerprint density at radius 3 is 2.79 bits per heavy atom. The van der Waals surface area contributed by atoms with E-state index in [4.69, 9.17) is 4.98 Å². The van der Waals surface area contributed by atoms with Crippen molar-refractivity contribution in [1.29, 1.82) is 0 Å². The number of rotatable bonds is 2. The summed E-state index contributed by atoms with van der Waals surface area (Å²) in [7, 11) is 0. The average molecular weight is 424 g/mol. The molecule has 1 saturated heterocycles. The molecule has 0 bridgehead atoms. The first-order chi connectivity index (χ1) is 14.2. The zero-order valence-electron chi connectivity index (χ0n) is 15.9. The Morgan fingerprint density at radius 1 is 1.14 bits per heavy atom. The van der Waals surface area contributed by atoms with Crippen molar-refractivity contribution < 1.29 is 9.59 Å². The lowest BCUT2D eigenvalue weighted by Crippen LogP contribution is -2.37. The number of aromatic nitrogens is 1. The zero-order valence-corrected chi connectivity index (χ0v) is 17.5. The second kappa shape index (κ2) is 7.80. The molecule has 2 aliphatic rings. The zero-order chi connectivity index (χ0) is 19.8. The number of thiazole rings is 1. The van der Waals surface area contributed by atoms with Crippen LogP contribution in [0.3, 0.4) is 0 Å². The fraction of sp³-hybridized carbons (Fsp3) is 0.318. The molecule has 148 valence electrons. The number of amides is 2. The summed E-state index contributed by atoms with van der Waals surface area (Å²) < 4.78 is 1.23. The van der Waals surface area contributed by atoms with Crippen LogP contribution in [-0.2, 0) is 4.79 Å². The first-order valence-corrected chi connectivity index (χ1v) is 11.7. The summed E-state index contributed by atoms with van der Waals surface area (Å²) in [5, 5.41) is 4.11. The molecule has 5 rings (SSSR count). The number of carbonyl (C=O) groups excluding carboxylic acids is 2. The molecule has 0 unspecified atom stereocenters. The van der Waals surface area contributed by atoms with E-state index < -0.39 is 0 Å². The van der Waals surface area contributed by atoms with E-state index in [-0.39, 0.29) is 11.8 Å². The third-order valence-electron chi connectivity index (χ3n) is 5.53. The quantitative estimate of drug-likeness (QED) is 0.646. The van der Waals surface area contributed by atoms with Gasteiger partial charge < -0.3 is 10.2 Å². The number of thioether (sulfide) groups is 1. The molecule has 0 spiro atoms. The first kappa shape index (κ1) is 18.6. The number of benzene rings is 2. The normalized spacial score (nSPS) is 17.7. The maximum Gasteiger partial charge on any atom is 0.253 e. The summed E-state index contributed by atoms with van der Waals surface area (Å²) in [4.78, 5) is 32.6. The minimum absolute atomic E-state index is 0.0116. The predicted molar refractivity (Wildman–Crippen MR) is 118 cm³/mol. The number of nitrogens with zero attached hydrogens (tertiary/aromatic N) is 2. The Balaban J connectivity index is 1.28. The SMILES string of the molecule is O=C1CCSc2ccc(C(=O)N3CCC(c4nc5ccccc5s4)CC3)cc2N1. The fourth-order valence-corrected chi connectivity index (χ4v) is 6.00. The molecule has 7 heteroatoms. The van der Waals surface area contributed by atoms with Crippen LogP contribution in [0.15, 0.2) is 47.4 Å². The maximum absolute atomic E-state index is 13.0. The second-order valence-electron chi connectivity index (χ2n) is 7.44. The van der Waals surface area contributed by atoms with Gasteiger partial charge in [-0.2, -0.15) is 0 Å². The van der Waals surface area contributed by atoms with Gasteiger partial charge in [0, 0.05) is 41.6 Å². The van der Waals surface area contributed by atoms with Gasteiger partial charge in [0.1, 0.15) is 0 Å². The fourth-order valence-electron chi connectivity index (χ4n) is 3.93. The summed E-state index contributed by atoms with van der Waals surface area (Å²) in [5.41, 5.74) is 2.47. The molecular formula is C22H21N3O2S2. The van der Waals surface area contributed by atoms with Crippen molar-refractivity contribution in [3.8, 4) is 0 Å². The van der Waals surface area contributed by atoms with Gasteiger partial charge in [-0.15, -0.1) is 23.1 Å². The van der Waals surface area contributed by atoms with Crippen LogP contribution in [0, 0.1) is 0 Å². The van der Waals surface area contributed by atoms with Crippen LogP contribution in [0.1, 0.15) is 40.5 Å². The Kier molecular flexibility index (Phi) is 5.01. The maximum atomic E-state index is 13.0. The monoisotopic (exact) mass is 423 g/mol. The van der Waals surface area contributed by atoms with Gasteiger partial charge in [0.15, 0.2) is 0 Å². The lowest BCUT2D eigenvalue weighted by Gasteiger charge is -2.31. The number of hydrogen-bond donors (Lipinski definition) is 1. The molecule has 5 nitrogen and oxygen atoms in total. The van der Waals surface area contributed by atoms with Crippen molar-refractivity contribution in [3.63, 3.8) is 0 Å². The van der Waals surface area contributed by atoms with Gasteiger partial charge in [0.2, 0.25) is 5.91 Å². The molecule has 0 aliphatic carbocycles. The van der Waals surface area contributed by atoms with Gasteiger partial charge in [0.25, 0.3) is 5.91 Å². The Bertz CT molecular complexity index is 1050. The molecule has 29 heavy (non-hydrogen) atoms. The molecule has 0 saturated carbocycles. The van der Waals surface area contributed by atoms with Crippen LogP contribution in [-0.4, -0.2) is 40.5 Å². The van der Waals surface area contributed by atoms with Gasteiger partial charge in [-0.05, 0) is 43.2 Å². The van der Waals surface area contributed by atoms with Crippen LogP contribution in [0.5, 0.6) is 0 Å². The number of para-hydroxylation sites is 1. The number of anilines is 1. The molecular weight excluding hydrogens is 402 g/mol. The Morgan fingerprint density at radius 2 is 1.97 bits per heavy atom. The predicted octanol–water partition coefficient (Wildman–Crippen LogP) is 4.75. The van der Waals surface area contributed by atoms with Crippen molar-refractivity contribution in [2.24, 2.45) is 0 Å². The number of carbonyl (C=O) groups is 2. The van der Waals surface area contributed by atoms with Gasteiger partial charge >= 0.3 is 0 Å². The number of piperidine rings is 1. The molecule has 3 aromatic rings. The number of likely N-dealkylation sites (tertiary alicyclic amines) is 1. The lowest BCUT2D eigenvalue weighted by molar-refractivity contribution is -0.115. The highest BCUT2D eigenvalue weighted by atomic mass is 32.2. The highest BCUT2D eigenvalue weighted by Gasteiger charge is 2.27. The topological polar surface area (TPSA) is 62.3 Å². The van der Waals surface area contributed by atoms with Crippen molar-refractivity contribution in [3.05, 3.63) is 53.0 Å². The van der Waals surface area contributed by atoms with Gasteiger partial charge in [-0.1, -0.05) is 12.1 Å². The largest absolute Gasteiger partial charge is 0.339 e. The third-order valence-corrected chi connectivity index (χ3v) is 7.80. The lowest BCUT2D eigenvalue weighted by atomic mass is 9.97. The Hall–Kier alpha value is -2.38. The van der Waals surface area contributed by atoms with E-state index in [1.165, 1.54) is 9.71 Å². The molecule has 1 aromatic heterocycles. The summed E-state index contributed by atoms with van der Waals surface area (Å²) in [6.45, 7) is 1.47. The Labute approximate surface area is 177 Å². The summed E-state index contributed by atoms with van der Waals surface area (Å²) in [6.07, 6.45) is 2.37. The minimum atomic E-state index is 0.0116. The van der Waals surface area contributed by atoms with Crippen molar-refractivity contribution >= 4 is 50.8 Å². The van der Waals surface area contributed by atoms with E-state index in [2.05, 4.69) is 17.4 Å². The highest BCUT2D eigenvalue weighted by Crippen LogP contribution is 2.35. The van der Waals surface area contributed by atoms with Gasteiger partial charge in [-0.25, -0.2) is 4.98 Å². The van der Waals surface area contributed by atoms with E-state index in [1.54, 1.807) is 23.1 Å². The standard InChI is InChI=1S/C22H21N3O2S2/c26-20-9-12-28-18-6-5-15(13-17(18)23-20)22(27)25-10-7-14(8-11-25)21-24-16-3-1-2-4-19(16)29-21/h1-6,13-14H,7-12H2,(H,23,26). The van der Waals surface area contributed by atoms with Crippen LogP contribution in [0.2, 0.25) is 0 Å². The molecule has 0 atom stereocenters. The first-order valence-electron chi connectivity index (χ1n) is 9.89. The summed E-state index contributed by atoms with van der Waals surface area (Å²) >= 11 is 3.43. The molecule has 1 N–H and O–H groups in total. The van der Waals surface area contributed by atoms with Crippen LogP contribution >= 0.6 is 23.1 Å². The summed E-state index contributed by atoms with van der Waals surface area (Å²) in [5.74, 6) is 1.24. The molecule has 1 fully saturated rings. The highest BCUT2D eigenvalue weighted by molar-refractivity contribution is 7.99.